The van der Waals surface area contributed by atoms with Gasteiger partial charge in [-0.25, -0.2) is 13.2 Å². The molecule has 1 aromatic heterocycles. The van der Waals surface area contributed by atoms with Gasteiger partial charge in [0, 0.05) is 5.69 Å². The highest BCUT2D eigenvalue weighted by Gasteiger charge is 2.30. The summed E-state index contributed by atoms with van der Waals surface area (Å²) in [6, 6.07) is 8.12. The van der Waals surface area contributed by atoms with Gasteiger partial charge in [0.25, 0.3) is 15.9 Å². The predicted molar refractivity (Wildman–Crippen MR) is 81.0 cm³/mol. The Labute approximate surface area is 130 Å². The molecule has 3 N–H and O–H groups in total. The van der Waals surface area contributed by atoms with Crippen molar-refractivity contribution in [3.05, 3.63) is 47.3 Å². The van der Waals surface area contributed by atoms with Gasteiger partial charge in [0.1, 0.15) is 10.3 Å². The summed E-state index contributed by atoms with van der Waals surface area (Å²) in [6.07, 6.45) is 0. The molecule has 1 aliphatic heterocycles. The number of urea groups is 1. The maximum absolute atomic E-state index is 12.1. The summed E-state index contributed by atoms with van der Waals surface area (Å²) in [4.78, 5) is 22.6. The summed E-state index contributed by atoms with van der Waals surface area (Å²) in [5, 5.41) is 6.29. The number of benzene rings is 1. The molecule has 0 radical (unpaired) electrons. The molecule has 9 heteroatoms. The number of rotatable bonds is 4. The first kappa shape index (κ1) is 14.5. The van der Waals surface area contributed by atoms with Crippen LogP contribution in [0.25, 0.3) is 0 Å². The Morgan fingerprint density at radius 3 is 2.36 bits per heavy atom. The van der Waals surface area contributed by atoms with Crippen LogP contribution in [0.3, 0.4) is 0 Å². The number of carbonyl (C=O) groups is 2. The van der Waals surface area contributed by atoms with Gasteiger partial charge in [-0.3, -0.25) is 14.8 Å². The van der Waals surface area contributed by atoms with E-state index in [4.69, 9.17) is 0 Å². The van der Waals surface area contributed by atoms with Crippen molar-refractivity contribution in [3.8, 4) is 0 Å². The molecular formula is C13H11N3O4S2. The number of imide groups is 1. The van der Waals surface area contributed by atoms with Crippen molar-refractivity contribution < 1.29 is 18.0 Å². The van der Waals surface area contributed by atoms with Crippen LogP contribution in [0.2, 0.25) is 0 Å². The highest BCUT2D eigenvalue weighted by atomic mass is 32.2. The molecule has 1 fully saturated rings. The molecular weight excluding hydrogens is 326 g/mol. The van der Waals surface area contributed by atoms with Crippen LogP contribution in [-0.2, 0) is 14.8 Å². The molecule has 2 heterocycles. The monoisotopic (exact) mass is 337 g/mol. The number of hydrogen-bond donors (Lipinski definition) is 3. The van der Waals surface area contributed by atoms with Crippen molar-refractivity contribution >= 4 is 39.0 Å². The van der Waals surface area contributed by atoms with E-state index in [1.54, 1.807) is 23.6 Å². The number of anilines is 1. The van der Waals surface area contributed by atoms with Crippen molar-refractivity contribution in [2.45, 2.75) is 10.3 Å². The zero-order valence-electron chi connectivity index (χ0n) is 11.1. The fraction of sp³-hybridized carbons (Fsp3) is 0.0769. The van der Waals surface area contributed by atoms with Gasteiger partial charge in [-0.05, 0) is 29.1 Å². The zero-order chi connectivity index (χ0) is 15.7. The third-order valence-electron chi connectivity index (χ3n) is 3.03. The van der Waals surface area contributed by atoms with Crippen LogP contribution in [0.5, 0.6) is 0 Å². The number of hydrogen-bond acceptors (Lipinski definition) is 5. The average Bonchev–Trinajstić information content (AvgIpc) is 3.09. The van der Waals surface area contributed by atoms with Crippen LogP contribution in [0.15, 0.2) is 46.0 Å². The second-order valence-electron chi connectivity index (χ2n) is 4.56. The average molecular weight is 337 g/mol. The summed E-state index contributed by atoms with van der Waals surface area (Å²) in [5.74, 6) is -0.433. The molecule has 22 heavy (non-hydrogen) atoms. The Balaban J connectivity index is 1.78. The van der Waals surface area contributed by atoms with Gasteiger partial charge in [-0.2, -0.15) is 0 Å². The summed E-state index contributed by atoms with van der Waals surface area (Å²) in [5.41, 5.74) is 0.948. The topological polar surface area (TPSA) is 104 Å². The molecule has 3 rings (SSSR count). The lowest BCUT2D eigenvalue weighted by molar-refractivity contribution is -0.120. The number of carbonyl (C=O) groups excluding carboxylic acids is 2. The fourth-order valence-corrected chi connectivity index (χ4v) is 4.07. The lowest BCUT2D eigenvalue weighted by Gasteiger charge is -2.10. The second kappa shape index (κ2) is 5.43. The first-order chi connectivity index (χ1) is 10.5. The van der Waals surface area contributed by atoms with Crippen molar-refractivity contribution in [2.24, 2.45) is 0 Å². The molecule has 1 atom stereocenters. The summed E-state index contributed by atoms with van der Waals surface area (Å²) in [6.45, 7) is 0. The standard InChI is InChI=1S/C13H11N3O4S2/c17-12-11(14-13(18)15-12)8-3-5-9(6-4-8)16-22(19,20)10-2-1-7-21-10/h1-7,11,16H,(H2,14,15,17,18). The third-order valence-corrected chi connectivity index (χ3v) is 5.81. The Morgan fingerprint density at radius 1 is 1.09 bits per heavy atom. The van der Waals surface area contributed by atoms with Crippen LogP contribution in [-0.4, -0.2) is 20.4 Å². The minimum Gasteiger partial charge on any atom is -0.322 e. The van der Waals surface area contributed by atoms with Crippen molar-refractivity contribution in [2.75, 3.05) is 4.72 Å². The lowest BCUT2D eigenvalue weighted by atomic mass is 10.1. The van der Waals surface area contributed by atoms with Crippen LogP contribution < -0.4 is 15.4 Å². The highest BCUT2D eigenvalue weighted by molar-refractivity contribution is 7.94. The molecule has 1 aromatic carbocycles. The minimum atomic E-state index is -3.60. The molecule has 1 saturated heterocycles. The summed E-state index contributed by atoms with van der Waals surface area (Å²) in [7, 11) is -3.60. The summed E-state index contributed by atoms with van der Waals surface area (Å²) < 4.78 is 26.8. The minimum absolute atomic E-state index is 0.221. The van der Waals surface area contributed by atoms with E-state index in [2.05, 4.69) is 15.4 Å². The molecule has 0 aliphatic carbocycles. The Morgan fingerprint density at radius 2 is 1.82 bits per heavy atom. The normalized spacial score (nSPS) is 17.9. The first-order valence-electron chi connectivity index (χ1n) is 6.23. The lowest BCUT2D eigenvalue weighted by Crippen LogP contribution is -2.22. The summed E-state index contributed by atoms with van der Waals surface area (Å²) >= 11 is 1.12. The molecule has 0 bridgehead atoms. The van der Waals surface area contributed by atoms with Crippen molar-refractivity contribution in [3.63, 3.8) is 0 Å². The largest absolute Gasteiger partial charge is 0.322 e. The smallest absolute Gasteiger partial charge is 0.322 e. The number of nitrogens with one attached hydrogen (secondary N) is 3. The quantitative estimate of drug-likeness (QED) is 0.734. The molecule has 1 aliphatic rings. The molecule has 2 aromatic rings. The first-order valence-corrected chi connectivity index (χ1v) is 8.60. The van der Waals surface area contributed by atoms with E-state index >= 15 is 0 Å². The number of amides is 3. The van der Waals surface area contributed by atoms with Crippen molar-refractivity contribution in [1.29, 1.82) is 0 Å². The number of thiophene rings is 1. The van der Waals surface area contributed by atoms with Gasteiger partial charge < -0.3 is 5.32 Å². The van der Waals surface area contributed by atoms with Crippen LogP contribution in [0.1, 0.15) is 11.6 Å². The fourth-order valence-electron chi connectivity index (χ4n) is 2.02. The van der Waals surface area contributed by atoms with E-state index in [9.17, 15) is 18.0 Å². The van der Waals surface area contributed by atoms with E-state index in [-0.39, 0.29) is 4.21 Å². The zero-order valence-corrected chi connectivity index (χ0v) is 12.7. The molecule has 114 valence electrons. The second-order valence-corrected chi connectivity index (χ2v) is 7.41. The van der Waals surface area contributed by atoms with Gasteiger partial charge >= 0.3 is 6.03 Å². The molecule has 0 saturated carbocycles. The van der Waals surface area contributed by atoms with E-state index in [0.29, 0.717) is 11.3 Å². The van der Waals surface area contributed by atoms with E-state index in [1.165, 1.54) is 18.2 Å². The highest BCUT2D eigenvalue weighted by Crippen LogP contribution is 2.22. The third kappa shape index (κ3) is 2.81. The Hall–Kier alpha value is -2.39. The molecule has 3 amide bonds. The van der Waals surface area contributed by atoms with Crippen LogP contribution in [0.4, 0.5) is 10.5 Å². The SMILES string of the molecule is O=C1NC(=O)C(c2ccc(NS(=O)(=O)c3cccs3)cc2)N1. The Kier molecular flexibility index (Phi) is 3.59. The van der Waals surface area contributed by atoms with Gasteiger partial charge in [-0.1, -0.05) is 18.2 Å². The van der Waals surface area contributed by atoms with E-state index in [0.717, 1.165) is 11.3 Å². The van der Waals surface area contributed by atoms with E-state index in [1.807, 2.05) is 0 Å². The number of sulfonamides is 1. The Bertz CT molecular complexity index is 813. The van der Waals surface area contributed by atoms with Gasteiger partial charge in [0.05, 0.1) is 0 Å². The van der Waals surface area contributed by atoms with Crippen LogP contribution >= 0.6 is 11.3 Å². The molecule has 1 unspecified atom stereocenters. The van der Waals surface area contributed by atoms with E-state index < -0.39 is 28.0 Å². The van der Waals surface area contributed by atoms with Gasteiger partial charge in [-0.15, -0.1) is 11.3 Å². The van der Waals surface area contributed by atoms with Gasteiger partial charge in [0.15, 0.2) is 0 Å². The molecule has 7 nitrogen and oxygen atoms in total. The van der Waals surface area contributed by atoms with Crippen molar-refractivity contribution in [1.82, 2.24) is 10.6 Å². The maximum Gasteiger partial charge on any atom is 0.322 e. The predicted octanol–water partition coefficient (Wildman–Crippen LogP) is 1.43. The molecule has 0 spiro atoms. The van der Waals surface area contributed by atoms with Crippen LogP contribution in [0, 0.1) is 0 Å². The maximum atomic E-state index is 12.1. The van der Waals surface area contributed by atoms with Gasteiger partial charge in [0.2, 0.25) is 0 Å².